The largest absolute Gasteiger partial charge is 0.440 e. The minimum Gasteiger partial charge on any atom is -0.415 e. The smallest absolute Gasteiger partial charge is 0.415 e. The van der Waals surface area contributed by atoms with Crippen LogP contribution in [0.5, 0.6) is 11.5 Å². The van der Waals surface area contributed by atoms with E-state index in [0.717, 1.165) is 45.4 Å². The van der Waals surface area contributed by atoms with Crippen LogP contribution in [0, 0.1) is 0 Å². The van der Waals surface area contributed by atoms with Crippen LogP contribution >= 0.6 is 71.3 Å². The lowest BCUT2D eigenvalue weighted by atomic mass is 10.3. The van der Waals surface area contributed by atoms with E-state index in [1.165, 1.54) is 11.8 Å². The Bertz CT molecular complexity index is 978. The molecule has 196 valence electrons. The standard InChI is InChI=1S/C22H30Cl2O6P2S3/c1-5-13-33-31(25,27-7-3)29-21-11-9-17(15-19(21)23)35-18-10-12-22(20(24)16-18)30-32(26,28-8-4)34-14-6-2/h9-12,15-16H,5-8,13-14H2,1-4H3. The zero-order chi connectivity index (χ0) is 25.9. The topological polar surface area (TPSA) is 71.1 Å². The summed E-state index contributed by atoms with van der Waals surface area (Å²) in [5, 5.41) is 0.646. The minimum absolute atomic E-state index is 0.275. The van der Waals surface area contributed by atoms with Crippen molar-refractivity contribution in [1.29, 1.82) is 0 Å². The van der Waals surface area contributed by atoms with Crippen LogP contribution in [0.1, 0.15) is 40.5 Å². The van der Waals surface area contributed by atoms with Gasteiger partial charge in [0, 0.05) is 21.3 Å². The van der Waals surface area contributed by atoms with Crippen LogP contribution in [-0.4, -0.2) is 24.7 Å². The molecule has 0 saturated carbocycles. The Balaban J connectivity index is 2.13. The Hall–Kier alpha value is 0.0500. The van der Waals surface area contributed by atoms with E-state index in [4.69, 9.17) is 41.3 Å². The van der Waals surface area contributed by atoms with Crippen LogP contribution in [0.25, 0.3) is 0 Å². The quantitative estimate of drug-likeness (QED) is 0.171. The first-order valence-corrected chi connectivity index (χ1v) is 19.0. The fourth-order valence-electron chi connectivity index (χ4n) is 2.52. The number of hydrogen-bond acceptors (Lipinski definition) is 9. The van der Waals surface area contributed by atoms with Gasteiger partial charge in [-0.3, -0.25) is 9.05 Å². The highest BCUT2D eigenvalue weighted by Crippen LogP contribution is 2.62. The molecule has 2 aromatic rings. The Morgan fingerprint density at radius 3 is 1.43 bits per heavy atom. The number of halogens is 2. The van der Waals surface area contributed by atoms with Crippen molar-refractivity contribution in [2.24, 2.45) is 0 Å². The highest BCUT2D eigenvalue weighted by Gasteiger charge is 2.28. The summed E-state index contributed by atoms with van der Waals surface area (Å²) < 4.78 is 48.0. The molecule has 0 spiro atoms. The summed E-state index contributed by atoms with van der Waals surface area (Å²) in [6.07, 6.45) is 1.70. The Morgan fingerprint density at radius 2 is 1.11 bits per heavy atom. The van der Waals surface area contributed by atoms with Gasteiger partial charge in [0.2, 0.25) is 0 Å². The van der Waals surface area contributed by atoms with Crippen molar-refractivity contribution in [1.82, 2.24) is 0 Å². The van der Waals surface area contributed by atoms with E-state index in [2.05, 4.69) is 0 Å². The van der Waals surface area contributed by atoms with Gasteiger partial charge >= 0.3 is 13.6 Å². The Labute approximate surface area is 230 Å². The highest BCUT2D eigenvalue weighted by atomic mass is 35.5. The molecule has 35 heavy (non-hydrogen) atoms. The Kier molecular flexibility index (Phi) is 13.8. The zero-order valence-electron chi connectivity index (χ0n) is 20.0. The molecule has 0 aliphatic rings. The van der Waals surface area contributed by atoms with Crippen molar-refractivity contribution < 1.29 is 27.2 Å². The molecule has 2 unspecified atom stereocenters. The summed E-state index contributed by atoms with van der Waals surface area (Å²) in [5.41, 5.74) is 0. The first-order chi connectivity index (χ1) is 16.7. The van der Waals surface area contributed by atoms with Crippen LogP contribution in [0.3, 0.4) is 0 Å². The molecule has 2 aromatic carbocycles. The summed E-state index contributed by atoms with van der Waals surface area (Å²) >= 11 is 16.6. The van der Waals surface area contributed by atoms with Crippen molar-refractivity contribution >= 4 is 71.3 Å². The average Bonchev–Trinajstić information content (AvgIpc) is 2.80. The van der Waals surface area contributed by atoms with Crippen LogP contribution in [0.2, 0.25) is 10.0 Å². The van der Waals surface area contributed by atoms with Gasteiger partial charge in [-0.15, -0.1) is 0 Å². The summed E-state index contributed by atoms with van der Waals surface area (Å²) in [7, 11) is 0. The van der Waals surface area contributed by atoms with Gasteiger partial charge in [-0.1, -0.05) is 48.8 Å². The number of rotatable bonds is 16. The van der Waals surface area contributed by atoms with E-state index in [0.29, 0.717) is 33.0 Å². The summed E-state index contributed by atoms with van der Waals surface area (Å²) in [6, 6.07) is 10.4. The maximum atomic E-state index is 12.9. The molecular formula is C22H30Cl2O6P2S3. The van der Waals surface area contributed by atoms with Crippen LogP contribution in [0.15, 0.2) is 46.2 Å². The maximum Gasteiger partial charge on any atom is 0.440 e. The van der Waals surface area contributed by atoms with Crippen molar-refractivity contribution in [3.63, 3.8) is 0 Å². The maximum absolute atomic E-state index is 12.9. The first-order valence-electron chi connectivity index (χ1n) is 11.1. The van der Waals surface area contributed by atoms with E-state index >= 15 is 0 Å². The second-order valence-electron chi connectivity index (χ2n) is 6.87. The Morgan fingerprint density at radius 1 is 0.714 bits per heavy atom. The lowest BCUT2D eigenvalue weighted by molar-refractivity contribution is 0.295. The lowest BCUT2D eigenvalue weighted by Gasteiger charge is -2.19. The van der Waals surface area contributed by atoms with Crippen molar-refractivity contribution in [3.8, 4) is 11.5 Å². The van der Waals surface area contributed by atoms with Crippen molar-refractivity contribution in [3.05, 3.63) is 46.4 Å². The fraction of sp³-hybridized carbons (Fsp3) is 0.455. The minimum atomic E-state index is -3.35. The molecule has 0 heterocycles. The van der Waals surface area contributed by atoms with E-state index in [1.54, 1.807) is 38.1 Å². The molecule has 0 aliphatic carbocycles. The molecular weight excluding hydrogens is 589 g/mol. The zero-order valence-corrected chi connectivity index (χ0v) is 25.8. The molecule has 0 aliphatic heterocycles. The predicted molar refractivity (Wildman–Crippen MR) is 152 cm³/mol. The molecule has 13 heteroatoms. The van der Waals surface area contributed by atoms with Gasteiger partial charge < -0.3 is 9.05 Å². The molecule has 0 aromatic heterocycles. The second kappa shape index (κ2) is 15.5. The summed E-state index contributed by atoms with van der Waals surface area (Å²) in [5.74, 6) is 1.91. The predicted octanol–water partition coefficient (Wildman–Crippen LogP) is 10.5. The molecule has 6 nitrogen and oxygen atoms in total. The van der Waals surface area contributed by atoms with Gasteiger partial charge in [-0.05, 0) is 85.9 Å². The number of benzene rings is 2. The third kappa shape index (κ3) is 10.4. The van der Waals surface area contributed by atoms with Crippen LogP contribution in [0.4, 0.5) is 0 Å². The number of hydrogen-bond donors (Lipinski definition) is 0. The van der Waals surface area contributed by atoms with Crippen LogP contribution < -0.4 is 9.05 Å². The van der Waals surface area contributed by atoms with Gasteiger partial charge in [0.05, 0.1) is 23.3 Å². The van der Waals surface area contributed by atoms with Gasteiger partial charge in [0.1, 0.15) is 11.5 Å². The average molecular weight is 620 g/mol. The lowest BCUT2D eigenvalue weighted by Crippen LogP contribution is -1.97. The highest BCUT2D eigenvalue weighted by molar-refractivity contribution is 8.55. The van der Waals surface area contributed by atoms with Crippen molar-refractivity contribution in [2.75, 3.05) is 24.7 Å². The van der Waals surface area contributed by atoms with E-state index in [1.807, 2.05) is 26.0 Å². The molecule has 2 atom stereocenters. The monoisotopic (exact) mass is 618 g/mol. The van der Waals surface area contributed by atoms with E-state index in [-0.39, 0.29) is 13.2 Å². The molecule has 0 radical (unpaired) electrons. The molecule has 0 N–H and O–H groups in total. The van der Waals surface area contributed by atoms with Gasteiger partial charge in [0.25, 0.3) is 0 Å². The molecule has 0 bridgehead atoms. The van der Waals surface area contributed by atoms with E-state index < -0.39 is 13.6 Å². The third-order valence-corrected chi connectivity index (χ3v) is 13.4. The fourth-order valence-corrected chi connectivity index (χ4v) is 11.0. The van der Waals surface area contributed by atoms with E-state index in [9.17, 15) is 9.13 Å². The van der Waals surface area contributed by atoms with Crippen molar-refractivity contribution in [2.45, 2.75) is 50.3 Å². The molecule has 2 rings (SSSR count). The third-order valence-electron chi connectivity index (χ3n) is 3.94. The summed E-state index contributed by atoms with van der Waals surface area (Å²) in [4.78, 5) is 1.66. The molecule has 0 fully saturated rings. The molecule has 0 saturated heterocycles. The van der Waals surface area contributed by atoms with Gasteiger partial charge in [0.15, 0.2) is 0 Å². The normalized spacial score (nSPS) is 14.8. The second-order valence-corrected chi connectivity index (χ2v) is 17.1. The van der Waals surface area contributed by atoms with Gasteiger partial charge in [-0.2, -0.15) is 0 Å². The van der Waals surface area contributed by atoms with Gasteiger partial charge in [-0.25, -0.2) is 9.13 Å². The molecule has 0 amide bonds. The first kappa shape index (κ1) is 31.3. The van der Waals surface area contributed by atoms with Crippen LogP contribution in [-0.2, 0) is 18.2 Å². The summed E-state index contributed by atoms with van der Waals surface area (Å²) in [6.45, 7) is 1.38. The SMILES string of the molecule is CCCSP(=O)(OCC)Oc1ccc(Sc2ccc(OP(=O)(OCC)SCCC)c(Cl)c2)cc1Cl.